The smallest absolute Gasteiger partial charge is 0.124 e. The predicted molar refractivity (Wildman–Crippen MR) is 141 cm³/mol. The molecule has 8 nitrogen and oxygen atoms in total. The van der Waals surface area contributed by atoms with Gasteiger partial charge in [0.05, 0.1) is 20.5 Å². The molecule has 0 radical (unpaired) electrons. The molecule has 168 valence electrons. The summed E-state index contributed by atoms with van der Waals surface area (Å²) < 4.78 is 2.18. The van der Waals surface area contributed by atoms with Crippen molar-refractivity contribution in [3.63, 3.8) is 0 Å². The molecule has 2 aromatic carbocycles. The Morgan fingerprint density at radius 2 is 1.21 bits per heavy atom. The molecule has 6 rings (SSSR count). The number of thiazole rings is 4. The van der Waals surface area contributed by atoms with E-state index in [0.717, 1.165) is 20.4 Å². The second-order valence-corrected chi connectivity index (χ2v) is 10.5. The Kier molecular flexibility index (Phi) is 5.63. The molecule has 34 heavy (non-hydrogen) atoms. The molecule has 0 bridgehead atoms. The third kappa shape index (κ3) is 4.23. The zero-order chi connectivity index (χ0) is 22.9. The molecule has 0 fully saturated rings. The highest BCUT2D eigenvalue weighted by atomic mass is 32.1. The number of fused-ring (bicyclic) bond motifs is 2. The number of para-hydroxylation sites is 2. The van der Waals surface area contributed by atoms with Gasteiger partial charge in [-0.05, 0) is 12.1 Å². The number of oxime groups is 1. The van der Waals surface area contributed by atoms with Crippen LogP contribution in [0.1, 0.15) is 11.4 Å². The third-order valence-electron chi connectivity index (χ3n) is 4.60. The lowest BCUT2D eigenvalue weighted by atomic mass is 10.2. The first-order valence-electron chi connectivity index (χ1n) is 9.93. The van der Waals surface area contributed by atoms with E-state index in [2.05, 4.69) is 35.7 Å². The van der Waals surface area contributed by atoms with Crippen LogP contribution in [0.4, 0.5) is 20.5 Å². The molecule has 0 amide bonds. The topological polar surface area (TPSA) is 101 Å². The number of hydrogen-bond acceptors (Lipinski definition) is 10. The number of rotatable bonds is 7. The molecular weight excluding hydrogens is 507 g/mol. The number of benzene rings is 2. The highest BCUT2D eigenvalue weighted by Gasteiger charge is 2.11. The average Bonchev–Trinajstić information content (AvgIpc) is 3.63. The Morgan fingerprint density at radius 1 is 0.706 bits per heavy atom. The van der Waals surface area contributed by atoms with Crippen LogP contribution in [0, 0.1) is 0 Å². The molecule has 6 aromatic rings. The Hall–Kier alpha value is -3.45. The van der Waals surface area contributed by atoms with E-state index in [1.165, 1.54) is 52.5 Å². The fourth-order valence-corrected chi connectivity index (χ4v) is 6.28. The summed E-state index contributed by atoms with van der Waals surface area (Å²) in [6.07, 6.45) is 0. The molecule has 4 aromatic heterocycles. The van der Waals surface area contributed by atoms with Crippen molar-refractivity contribution in [1.82, 2.24) is 19.9 Å². The first-order chi connectivity index (χ1) is 16.7. The van der Waals surface area contributed by atoms with Crippen LogP contribution in [0.3, 0.4) is 0 Å². The van der Waals surface area contributed by atoms with Crippen LogP contribution in [-0.4, -0.2) is 32.8 Å². The van der Waals surface area contributed by atoms with E-state index in [4.69, 9.17) is 4.84 Å². The lowest BCUT2D eigenvalue weighted by Gasteiger charge is -2.07. The standard InChI is InChI=1S/C22H13N7OS4/c1-30-29-18(14-10-31-19(25-14)27-21-23-12-6-2-4-8-16(12)33-21)15-11-32-20(26-15)28-22-24-13-7-3-5-9-17(13)34-22/h2-11H,1H3/q-2. The summed E-state index contributed by atoms with van der Waals surface area (Å²) in [7, 11) is 1.50. The van der Waals surface area contributed by atoms with Gasteiger partial charge in [-0.1, -0.05) is 41.6 Å². The summed E-state index contributed by atoms with van der Waals surface area (Å²) in [4.78, 5) is 23.4. The van der Waals surface area contributed by atoms with E-state index in [0.29, 0.717) is 37.6 Å². The van der Waals surface area contributed by atoms with Gasteiger partial charge in [0.25, 0.3) is 0 Å². The van der Waals surface area contributed by atoms with Gasteiger partial charge in [0.2, 0.25) is 0 Å². The van der Waals surface area contributed by atoms with Gasteiger partial charge in [-0.15, -0.1) is 45.3 Å². The summed E-state index contributed by atoms with van der Waals surface area (Å²) in [5.41, 5.74) is 3.63. The van der Waals surface area contributed by atoms with Gasteiger partial charge in [-0.2, -0.15) is 0 Å². The van der Waals surface area contributed by atoms with Crippen molar-refractivity contribution in [3.8, 4) is 0 Å². The first kappa shape index (κ1) is 21.1. The van der Waals surface area contributed by atoms with Crippen LogP contribution in [0.15, 0.2) is 64.4 Å². The second-order valence-electron chi connectivity index (χ2n) is 6.81. The molecule has 0 spiro atoms. The van der Waals surface area contributed by atoms with E-state index in [1.807, 2.05) is 59.3 Å². The van der Waals surface area contributed by atoms with Gasteiger partial charge in [-0.25, -0.2) is 0 Å². The minimum Gasteiger partial charge on any atom is -0.399 e. The maximum absolute atomic E-state index is 5.08. The van der Waals surface area contributed by atoms with Crippen molar-refractivity contribution in [2.45, 2.75) is 0 Å². The minimum atomic E-state index is 0.520. The van der Waals surface area contributed by atoms with Crippen LogP contribution in [0.2, 0.25) is 0 Å². The largest absolute Gasteiger partial charge is 0.399 e. The number of nitrogens with zero attached hydrogens (tertiary/aromatic N) is 7. The van der Waals surface area contributed by atoms with E-state index in [-0.39, 0.29) is 0 Å². The van der Waals surface area contributed by atoms with Crippen molar-refractivity contribution in [3.05, 3.63) is 81.3 Å². The average molecular weight is 520 g/mol. The monoisotopic (exact) mass is 519 g/mol. The fourth-order valence-electron chi connectivity index (χ4n) is 3.14. The maximum atomic E-state index is 5.08. The second kappa shape index (κ2) is 9.06. The highest BCUT2D eigenvalue weighted by molar-refractivity contribution is 7.23. The van der Waals surface area contributed by atoms with Crippen molar-refractivity contribution in [2.24, 2.45) is 5.16 Å². The Bertz CT molecular complexity index is 1450. The molecule has 0 unspecified atom stereocenters. The molecule has 0 aliphatic rings. The van der Waals surface area contributed by atoms with E-state index < -0.39 is 0 Å². The van der Waals surface area contributed by atoms with E-state index in [1.54, 1.807) is 0 Å². The SMILES string of the molecule is CON=C(c1csc([N-]c2nc3ccccc3s2)n1)c1csc([N-]c2nc3ccccc3s2)n1. The van der Waals surface area contributed by atoms with Crippen LogP contribution >= 0.6 is 45.3 Å². The van der Waals surface area contributed by atoms with Crippen molar-refractivity contribution in [1.29, 1.82) is 0 Å². The molecule has 12 heteroatoms. The molecule has 0 aliphatic carbocycles. The molecular formula is C22H13N7OS4-2. The van der Waals surface area contributed by atoms with Crippen molar-refractivity contribution in [2.75, 3.05) is 7.11 Å². The molecule has 0 saturated carbocycles. The van der Waals surface area contributed by atoms with Crippen LogP contribution in [0.25, 0.3) is 31.1 Å². The zero-order valence-corrected chi connectivity index (χ0v) is 20.7. The van der Waals surface area contributed by atoms with Crippen molar-refractivity contribution < 1.29 is 4.84 Å². The molecule has 0 N–H and O–H groups in total. The number of aromatic nitrogens is 4. The van der Waals surface area contributed by atoms with Crippen LogP contribution in [-0.2, 0) is 4.84 Å². The third-order valence-corrected chi connectivity index (χ3v) is 7.93. The highest BCUT2D eigenvalue weighted by Crippen LogP contribution is 2.40. The normalized spacial score (nSPS) is 11.1. The summed E-state index contributed by atoms with van der Waals surface area (Å²) in [5.74, 6) is 0. The summed E-state index contributed by atoms with van der Waals surface area (Å²) in [6, 6.07) is 15.9. The predicted octanol–water partition coefficient (Wildman–Crippen LogP) is 7.89. The van der Waals surface area contributed by atoms with E-state index >= 15 is 0 Å². The first-order valence-corrected chi connectivity index (χ1v) is 13.3. The minimum absolute atomic E-state index is 0.520. The quantitative estimate of drug-likeness (QED) is 0.158. The van der Waals surface area contributed by atoms with Gasteiger partial charge >= 0.3 is 0 Å². The van der Waals surface area contributed by atoms with Gasteiger partial charge in [0.1, 0.15) is 12.8 Å². The molecule has 0 atom stereocenters. The van der Waals surface area contributed by atoms with Gasteiger partial charge in [0, 0.05) is 42.6 Å². The van der Waals surface area contributed by atoms with Gasteiger partial charge in [0.15, 0.2) is 0 Å². The number of hydrogen-bond donors (Lipinski definition) is 0. The molecule has 0 aliphatic heterocycles. The zero-order valence-electron chi connectivity index (χ0n) is 17.4. The van der Waals surface area contributed by atoms with Gasteiger partial charge in [-0.3, -0.25) is 0 Å². The Morgan fingerprint density at radius 3 is 1.68 bits per heavy atom. The summed E-state index contributed by atoms with van der Waals surface area (Å²) >= 11 is 5.88. The van der Waals surface area contributed by atoms with Gasteiger partial charge < -0.3 is 35.4 Å². The van der Waals surface area contributed by atoms with E-state index in [9.17, 15) is 0 Å². The van der Waals surface area contributed by atoms with Crippen LogP contribution < -0.4 is 0 Å². The summed E-state index contributed by atoms with van der Waals surface area (Å²) in [5, 5.41) is 19.6. The fraction of sp³-hybridized carbons (Fsp3) is 0.0455. The lowest BCUT2D eigenvalue weighted by molar-refractivity contribution is 0.214. The Labute approximate surface area is 209 Å². The maximum Gasteiger partial charge on any atom is 0.124 e. The van der Waals surface area contributed by atoms with Crippen molar-refractivity contribution >= 4 is 92.0 Å². The molecule has 0 saturated heterocycles. The molecule has 4 heterocycles. The lowest BCUT2D eigenvalue weighted by Crippen LogP contribution is -2.04. The Balaban J connectivity index is 1.22. The summed E-state index contributed by atoms with van der Waals surface area (Å²) in [6.45, 7) is 0. The van der Waals surface area contributed by atoms with Crippen LogP contribution in [0.5, 0.6) is 0 Å².